The van der Waals surface area contributed by atoms with Crippen LogP contribution in [0.4, 0.5) is 0 Å². The summed E-state index contributed by atoms with van der Waals surface area (Å²) in [4.78, 5) is 37.1. The standard InChI is InChI=1S/C14H14N2O5S/c17-12(15-9-5-6-22(20,21)8-9)7-16-13(18)10-3-1-2-4-11(10)14(16)19/h1-4,9H,5-8H2,(H,15,17)/t9-/m0/s1. The summed E-state index contributed by atoms with van der Waals surface area (Å²) in [5.74, 6) is -1.59. The van der Waals surface area contributed by atoms with Crippen molar-refractivity contribution in [2.75, 3.05) is 18.1 Å². The maximum atomic E-state index is 12.1. The van der Waals surface area contributed by atoms with Crippen molar-refractivity contribution < 1.29 is 22.8 Å². The number of nitrogens with one attached hydrogen (secondary N) is 1. The molecular formula is C14H14N2O5S. The molecule has 0 radical (unpaired) electrons. The molecule has 22 heavy (non-hydrogen) atoms. The highest BCUT2D eigenvalue weighted by atomic mass is 32.2. The van der Waals surface area contributed by atoms with Gasteiger partial charge in [-0.05, 0) is 18.6 Å². The van der Waals surface area contributed by atoms with Crippen LogP contribution >= 0.6 is 0 Å². The average molecular weight is 322 g/mol. The summed E-state index contributed by atoms with van der Waals surface area (Å²) in [6, 6.07) is 5.93. The van der Waals surface area contributed by atoms with E-state index in [-0.39, 0.29) is 22.6 Å². The van der Waals surface area contributed by atoms with Crippen molar-refractivity contribution in [3.05, 3.63) is 35.4 Å². The lowest BCUT2D eigenvalue weighted by atomic mass is 10.1. The van der Waals surface area contributed by atoms with Gasteiger partial charge in [-0.15, -0.1) is 0 Å². The van der Waals surface area contributed by atoms with Crippen molar-refractivity contribution in [2.45, 2.75) is 12.5 Å². The van der Waals surface area contributed by atoms with Crippen molar-refractivity contribution in [1.29, 1.82) is 0 Å². The molecule has 8 heteroatoms. The van der Waals surface area contributed by atoms with Gasteiger partial charge in [0.05, 0.1) is 22.6 Å². The number of hydrogen-bond donors (Lipinski definition) is 1. The molecule has 1 aromatic rings. The first-order valence-corrected chi connectivity index (χ1v) is 8.64. The van der Waals surface area contributed by atoms with Crippen molar-refractivity contribution in [3.63, 3.8) is 0 Å². The number of carbonyl (C=O) groups is 3. The first-order chi connectivity index (χ1) is 10.4. The van der Waals surface area contributed by atoms with Gasteiger partial charge in [0, 0.05) is 6.04 Å². The van der Waals surface area contributed by atoms with E-state index in [1.165, 1.54) is 12.1 Å². The Hall–Kier alpha value is -2.22. The van der Waals surface area contributed by atoms with Crippen LogP contribution in [0.5, 0.6) is 0 Å². The smallest absolute Gasteiger partial charge is 0.262 e. The Morgan fingerprint density at radius 2 is 1.77 bits per heavy atom. The van der Waals surface area contributed by atoms with Gasteiger partial charge in [0.2, 0.25) is 5.91 Å². The number of hydrogen-bond acceptors (Lipinski definition) is 5. The molecule has 1 fully saturated rings. The first-order valence-electron chi connectivity index (χ1n) is 6.82. The molecule has 3 rings (SSSR count). The zero-order valence-electron chi connectivity index (χ0n) is 11.6. The molecule has 1 saturated heterocycles. The fourth-order valence-corrected chi connectivity index (χ4v) is 4.38. The van der Waals surface area contributed by atoms with Crippen LogP contribution in [0, 0.1) is 0 Å². The average Bonchev–Trinajstić information content (AvgIpc) is 2.92. The molecule has 3 amide bonds. The minimum Gasteiger partial charge on any atom is -0.351 e. The van der Waals surface area contributed by atoms with Gasteiger partial charge in [-0.25, -0.2) is 8.42 Å². The third-order valence-electron chi connectivity index (χ3n) is 3.78. The molecule has 2 heterocycles. The van der Waals surface area contributed by atoms with Crippen LogP contribution < -0.4 is 5.32 Å². The molecule has 1 N–H and O–H groups in total. The van der Waals surface area contributed by atoms with E-state index in [2.05, 4.69) is 5.32 Å². The lowest BCUT2D eigenvalue weighted by Crippen LogP contribution is -2.44. The van der Waals surface area contributed by atoms with Gasteiger partial charge in [-0.1, -0.05) is 12.1 Å². The van der Waals surface area contributed by atoms with Crippen LogP contribution in [-0.2, 0) is 14.6 Å². The summed E-state index contributed by atoms with van der Waals surface area (Å²) < 4.78 is 22.7. The molecule has 0 aliphatic carbocycles. The lowest BCUT2D eigenvalue weighted by Gasteiger charge is -2.16. The largest absolute Gasteiger partial charge is 0.351 e. The van der Waals surface area contributed by atoms with E-state index < -0.39 is 40.1 Å². The van der Waals surface area contributed by atoms with Gasteiger partial charge in [-0.2, -0.15) is 0 Å². The second-order valence-electron chi connectivity index (χ2n) is 5.41. The number of imide groups is 1. The maximum absolute atomic E-state index is 12.1. The highest BCUT2D eigenvalue weighted by Crippen LogP contribution is 2.22. The van der Waals surface area contributed by atoms with E-state index >= 15 is 0 Å². The molecule has 0 saturated carbocycles. The normalized spacial score (nSPS) is 22.7. The van der Waals surface area contributed by atoms with E-state index in [1.807, 2.05) is 0 Å². The minimum absolute atomic E-state index is 0.0466. The Kier molecular flexibility index (Phi) is 3.48. The second kappa shape index (κ2) is 5.20. The predicted octanol–water partition coefficient (Wildman–Crippen LogP) is -0.414. The molecule has 2 aliphatic rings. The van der Waals surface area contributed by atoms with Gasteiger partial charge in [-0.3, -0.25) is 19.3 Å². The molecule has 0 spiro atoms. The van der Waals surface area contributed by atoms with Crippen LogP contribution in [-0.4, -0.2) is 55.1 Å². The van der Waals surface area contributed by atoms with Gasteiger partial charge in [0.25, 0.3) is 11.8 Å². The van der Waals surface area contributed by atoms with Crippen LogP contribution in [0.15, 0.2) is 24.3 Å². The molecule has 2 aliphatic heterocycles. The number of carbonyl (C=O) groups excluding carboxylic acids is 3. The minimum atomic E-state index is -3.10. The van der Waals surface area contributed by atoms with E-state index in [9.17, 15) is 22.8 Å². The van der Waals surface area contributed by atoms with E-state index in [1.54, 1.807) is 12.1 Å². The number of fused-ring (bicyclic) bond motifs is 1. The third kappa shape index (κ3) is 2.61. The summed E-state index contributed by atoms with van der Waals surface area (Å²) in [5.41, 5.74) is 0.562. The quantitative estimate of drug-likeness (QED) is 0.762. The number of rotatable bonds is 3. The van der Waals surface area contributed by atoms with Crippen molar-refractivity contribution in [2.24, 2.45) is 0 Å². The van der Waals surface area contributed by atoms with Crippen molar-refractivity contribution >= 4 is 27.6 Å². The third-order valence-corrected chi connectivity index (χ3v) is 5.55. The van der Waals surface area contributed by atoms with Gasteiger partial charge in [0.1, 0.15) is 6.54 Å². The van der Waals surface area contributed by atoms with Crippen LogP contribution in [0.2, 0.25) is 0 Å². The van der Waals surface area contributed by atoms with E-state index in [0.29, 0.717) is 6.42 Å². The molecule has 1 atom stereocenters. The van der Waals surface area contributed by atoms with Gasteiger partial charge >= 0.3 is 0 Å². The highest BCUT2D eigenvalue weighted by molar-refractivity contribution is 7.91. The predicted molar refractivity (Wildman–Crippen MR) is 77.0 cm³/mol. The summed E-state index contributed by atoms with van der Waals surface area (Å²) in [5, 5.41) is 2.57. The summed E-state index contributed by atoms with van der Waals surface area (Å²) in [6.07, 6.45) is 0.357. The number of benzene rings is 1. The maximum Gasteiger partial charge on any atom is 0.262 e. The zero-order valence-corrected chi connectivity index (χ0v) is 12.4. The van der Waals surface area contributed by atoms with Crippen LogP contribution in [0.1, 0.15) is 27.1 Å². The molecule has 0 unspecified atom stereocenters. The van der Waals surface area contributed by atoms with Gasteiger partial charge in [0.15, 0.2) is 9.84 Å². The molecule has 1 aromatic carbocycles. The molecule has 0 aromatic heterocycles. The molecule has 0 bridgehead atoms. The molecular weight excluding hydrogens is 308 g/mol. The molecule has 7 nitrogen and oxygen atoms in total. The number of sulfone groups is 1. The molecule has 116 valence electrons. The number of nitrogens with zero attached hydrogens (tertiary/aromatic N) is 1. The van der Waals surface area contributed by atoms with Crippen LogP contribution in [0.3, 0.4) is 0 Å². The lowest BCUT2D eigenvalue weighted by molar-refractivity contribution is -0.121. The highest BCUT2D eigenvalue weighted by Gasteiger charge is 2.37. The topological polar surface area (TPSA) is 101 Å². The SMILES string of the molecule is O=C(CN1C(=O)c2ccccc2C1=O)N[C@H]1CCS(=O)(=O)C1. The fourth-order valence-electron chi connectivity index (χ4n) is 2.71. The zero-order chi connectivity index (χ0) is 15.9. The Morgan fingerprint density at radius 1 is 1.18 bits per heavy atom. The fraction of sp³-hybridized carbons (Fsp3) is 0.357. The van der Waals surface area contributed by atoms with Crippen LogP contribution in [0.25, 0.3) is 0 Å². The van der Waals surface area contributed by atoms with Crippen molar-refractivity contribution in [1.82, 2.24) is 10.2 Å². The monoisotopic (exact) mass is 322 g/mol. The summed E-state index contributed by atoms with van der Waals surface area (Å²) in [7, 11) is -3.10. The van der Waals surface area contributed by atoms with Gasteiger partial charge < -0.3 is 5.32 Å². The van der Waals surface area contributed by atoms with E-state index in [0.717, 1.165) is 4.90 Å². The summed E-state index contributed by atoms with van der Waals surface area (Å²) in [6.45, 7) is -0.400. The Morgan fingerprint density at radius 3 is 2.27 bits per heavy atom. The Bertz CT molecular complexity index is 736. The Balaban J connectivity index is 1.66. The Labute approximate surface area is 127 Å². The second-order valence-corrected chi connectivity index (χ2v) is 7.64. The first kappa shape index (κ1) is 14.7. The summed E-state index contributed by atoms with van der Waals surface area (Å²) >= 11 is 0. The number of amides is 3. The van der Waals surface area contributed by atoms with Crippen molar-refractivity contribution in [3.8, 4) is 0 Å². The van der Waals surface area contributed by atoms with E-state index in [4.69, 9.17) is 0 Å².